The third-order valence-corrected chi connectivity index (χ3v) is 5.56. The van der Waals surface area contributed by atoms with Gasteiger partial charge in [-0.05, 0) is 56.3 Å². The van der Waals surface area contributed by atoms with Crippen molar-refractivity contribution in [2.24, 2.45) is 17.4 Å². The highest BCUT2D eigenvalue weighted by Crippen LogP contribution is 2.28. The fourth-order valence-corrected chi connectivity index (χ4v) is 3.83. The molecule has 1 fully saturated rings. The Hall–Kier alpha value is -2.28. The molecule has 6 N–H and O–H groups in total. The van der Waals surface area contributed by atoms with Gasteiger partial charge in [-0.1, -0.05) is 32.1 Å². The van der Waals surface area contributed by atoms with Gasteiger partial charge in [0, 0.05) is 12.7 Å². The van der Waals surface area contributed by atoms with E-state index in [0.717, 1.165) is 37.8 Å². The van der Waals surface area contributed by atoms with Crippen LogP contribution in [0, 0.1) is 5.92 Å². The lowest BCUT2D eigenvalue weighted by Crippen LogP contribution is -2.45. The molecule has 1 atom stereocenters. The van der Waals surface area contributed by atoms with Crippen molar-refractivity contribution >= 4 is 17.5 Å². The summed E-state index contributed by atoms with van der Waals surface area (Å²) in [7, 11) is 1.79. The van der Waals surface area contributed by atoms with E-state index in [-0.39, 0.29) is 5.91 Å². The van der Waals surface area contributed by atoms with Crippen LogP contribution in [-0.4, -0.2) is 38.1 Å². The molecule has 1 aliphatic rings. The predicted octanol–water partition coefficient (Wildman–Crippen LogP) is 2.79. The molecule has 0 aliphatic heterocycles. The molecule has 1 aromatic rings. The molecule has 0 bridgehead atoms. The van der Waals surface area contributed by atoms with Crippen LogP contribution in [0.4, 0.5) is 5.69 Å². The monoisotopic (exact) mass is 404 g/mol. The molecule has 7 heteroatoms. The van der Waals surface area contributed by atoms with Crippen molar-refractivity contribution in [2.45, 2.75) is 63.8 Å². The van der Waals surface area contributed by atoms with Crippen LogP contribution in [-0.2, 0) is 4.79 Å². The molecule has 2 rings (SSSR count). The van der Waals surface area contributed by atoms with Gasteiger partial charge >= 0.3 is 0 Å². The largest absolute Gasteiger partial charge is 0.493 e. The molecule has 1 aliphatic carbocycles. The summed E-state index contributed by atoms with van der Waals surface area (Å²) < 4.78 is 5.85. The average Bonchev–Trinajstić information content (AvgIpc) is 2.73. The molecule has 162 valence electrons. The maximum atomic E-state index is 13.0. The SMILES string of the molecule is CNc1ccc(OCCCCCN)c(C(=O)N[C@@H](CC2CCCCC2)C(N)=O)c1. The Morgan fingerprint density at radius 1 is 1.17 bits per heavy atom. The zero-order valence-corrected chi connectivity index (χ0v) is 17.5. The number of unbranched alkanes of at least 4 members (excludes halogenated alkanes) is 2. The van der Waals surface area contributed by atoms with E-state index in [0.29, 0.717) is 36.8 Å². The van der Waals surface area contributed by atoms with Gasteiger partial charge in [0.05, 0.1) is 12.2 Å². The normalized spacial score (nSPS) is 15.5. The summed E-state index contributed by atoms with van der Waals surface area (Å²) in [6.45, 7) is 1.18. The van der Waals surface area contributed by atoms with Crippen molar-refractivity contribution in [3.8, 4) is 5.75 Å². The molecule has 0 radical (unpaired) electrons. The number of primary amides is 1. The molecule has 7 nitrogen and oxygen atoms in total. The zero-order valence-electron chi connectivity index (χ0n) is 17.5. The van der Waals surface area contributed by atoms with E-state index in [1.807, 2.05) is 6.07 Å². The second-order valence-electron chi connectivity index (χ2n) is 7.83. The van der Waals surface area contributed by atoms with Gasteiger partial charge in [-0.15, -0.1) is 0 Å². The molecule has 0 heterocycles. The minimum absolute atomic E-state index is 0.335. The van der Waals surface area contributed by atoms with E-state index >= 15 is 0 Å². The number of hydrogen-bond donors (Lipinski definition) is 4. The van der Waals surface area contributed by atoms with E-state index in [4.69, 9.17) is 16.2 Å². The van der Waals surface area contributed by atoms with Crippen LogP contribution in [0.15, 0.2) is 18.2 Å². The first-order valence-electron chi connectivity index (χ1n) is 10.8. The predicted molar refractivity (Wildman–Crippen MR) is 116 cm³/mol. The summed E-state index contributed by atoms with van der Waals surface area (Å²) >= 11 is 0. The van der Waals surface area contributed by atoms with Crippen molar-refractivity contribution in [3.05, 3.63) is 23.8 Å². The molecule has 2 amide bonds. The minimum atomic E-state index is -0.666. The number of carbonyl (C=O) groups excluding carboxylic acids is 2. The zero-order chi connectivity index (χ0) is 21.1. The Morgan fingerprint density at radius 2 is 1.93 bits per heavy atom. The lowest BCUT2D eigenvalue weighted by Gasteiger charge is -2.25. The van der Waals surface area contributed by atoms with E-state index in [2.05, 4.69) is 10.6 Å². The third kappa shape index (κ3) is 7.57. The molecule has 0 saturated heterocycles. The van der Waals surface area contributed by atoms with Crippen LogP contribution in [0.1, 0.15) is 68.1 Å². The molecule has 1 saturated carbocycles. The van der Waals surface area contributed by atoms with Crippen molar-refractivity contribution < 1.29 is 14.3 Å². The summed E-state index contributed by atoms with van der Waals surface area (Å²) in [6, 6.07) is 4.72. The second-order valence-corrected chi connectivity index (χ2v) is 7.83. The lowest BCUT2D eigenvalue weighted by atomic mass is 9.84. The number of hydrogen-bond acceptors (Lipinski definition) is 5. The van der Waals surface area contributed by atoms with Gasteiger partial charge in [0.25, 0.3) is 5.91 Å². The third-order valence-electron chi connectivity index (χ3n) is 5.56. The molecular formula is C22H36N4O3. The fourth-order valence-electron chi connectivity index (χ4n) is 3.83. The first-order valence-corrected chi connectivity index (χ1v) is 10.8. The van der Waals surface area contributed by atoms with E-state index in [9.17, 15) is 9.59 Å². The van der Waals surface area contributed by atoms with Crippen LogP contribution in [0.2, 0.25) is 0 Å². The fraction of sp³-hybridized carbons (Fsp3) is 0.636. The van der Waals surface area contributed by atoms with E-state index in [1.165, 1.54) is 19.3 Å². The number of carbonyl (C=O) groups is 2. The van der Waals surface area contributed by atoms with Gasteiger partial charge in [0.15, 0.2) is 0 Å². The minimum Gasteiger partial charge on any atom is -0.493 e. The number of rotatable bonds is 12. The standard InChI is InChI=1S/C22H36N4O3/c1-25-17-10-11-20(29-13-7-3-6-12-23)18(15-17)22(28)26-19(21(24)27)14-16-8-4-2-5-9-16/h10-11,15-16,19,25H,2-9,12-14,23H2,1H3,(H2,24,27)(H,26,28)/t19-/m0/s1. The Labute approximate surface area is 173 Å². The molecule has 29 heavy (non-hydrogen) atoms. The van der Waals surface area contributed by atoms with Gasteiger partial charge in [0.2, 0.25) is 5.91 Å². The van der Waals surface area contributed by atoms with E-state index in [1.54, 1.807) is 19.2 Å². The van der Waals surface area contributed by atoms with Crippen molar-refractivity contribution in [1.29, 1.82) is 0 Å². The highest BCUT2D eigenvalue weighted by atomic mass is 16.5. The molecule has 0 unspecified atom stereocenters. The quantitative estimate of drug-likeness (QED) is 0.399. The lowest BCUT2D eigenvalue weighted by molar-refractivity contribution is -0.120. The first-order chi connectivity index (χ1) is 14.0. The average molecular weight is 405 g/mol. The van der Waals surface area contributed by atoms with Gasteiger partial charge in [0.1, 0.15) is 11.8 Å². The van der Waals surface area contributed by atoms with Crippen molar-refractivity contribution in [2.75, 3.05) is 25.5 Å². The van der Waals surface area contributed by atoms with Crippen molar-refractivity contribution in [3.63, 3.8) is 0 Å². The van der Waals surface area contributed by atoms with Crippen LogP contribution in [0.5, 0.6) is 5.75 Å². The molecule has 0 aromatic heterocycles. The summed E-state index contributed by atoms with van der Waals surface area (Å²) in [4.78, 5) is 25.0. The van der Waals surface area contributed by atoms with E-state index < -0.39 is 11.9 Å². The number of nitrogens with two attached hydrogens (primary N) is 2. The summed E-state index contributed by atoms with van der Waals surface area (Å²) in [6.07, 6.45) is 9.19. The van der Waals surface area contributed by atoms with Gasteiger partial charge < -0.3 is 26.8 Å². The van der Waals surface area contributed by atoms with Crippen LogP contribution in [0.3, 0.4) is 0 Å². The number of nitrogens with one attached hydrogen (secondary N) is 2. The first kappa shape index (κ1) is 23.0. The Kier molecular flexibility index (Phi) is 9.77. The smallest absolute Gasteiger partial charge is 0.255 e. The number of ether oxygens (including phenoxy) is 1. The number of benzene rings is 1. The highest BCUT2D eigenvalue weighted by Gasteiger charge is 2.25. The Balaban J connectivity index is 2.05. The second kappa shape index (κ2) is 12.3. The highest BCUT2D eigenvalue weighted by molar-refractivity contribution is 6.00. The summed E-state index contributed by atoms with van der Waals surface area (Å²) in [5, 5.41) is 5.88. The summed E-state index contributed by atoms with van der Waals surface area (Å²) in [5.74, 6) is 0.121. The maximum Gasteiger partial charge on any atom is 0.255 e. The number of amides is 2. The van der Waals surface area contributed by atoms with Crippen LogP contribution < -0.4 is 26.8 Å². The van der Waals surface area contributed by atoms with Crippen molar-refractivity contribution in [1.82, 2.24) is 5.32 Å². The maximum absolute atomic E-state index is 13.0. The Morgan fingerprint density at radius 3 is 2.59 bits per heavy atom. The van der Waals surface area contributed by atoms with Gasteiger partial charge in [-0.3, -0.25) is 9.59 Å². The molecular weight excluding hydrogens is 368 g/mol. The molecule has 1 aromatic carbocycles. The summed E-state index contributed by atoms with van der Waals surface area (Å²) in [5.41, 5.74) is 12.3. The van der Waals surface area contributed by atoms with Gasteiger partial charge in [-0.25, -0.2) is 0 Å². The topological polar surface area (TPSA) is 119 Å². The van der Waals surface area contributed by atoms with Crippen LogP contribution >= 0.6 is 0 Å². The van der Waals surface area contributed by atoms with Crippen LogP contribution in [0.25, 0.3) is 0 Å². The van der Waals surface area contributed by atoms with Gasteiger partial charge in [-0.2, -0.15) is 0 Å². The Bertz CT molecular complexity index is 659. The molecule has 0 spiro atoms. The number of anilines is 1.